The summed E-state index contributed by atoms with van der Waals surface area (Å²) in [5.74, 6) is 0.534. The fourth-order valence-electron chi connectivity index (χ4n) is 3.14. The van der Waals surface area contributed by atoms with E-state index in [4.69, 9.17) is 0 Å². The summed E-state index contributed by atoms with van der Waals surface area (Å²) >= 11 is 0. The third-order valence-electron chi connectivity index (χ3n) is 4.68. The molecule has 0 atom stereocenters. The van der Waals surface area contributed by atoms with Gasteiger partial charge in [-0.2, -0.15) is 14.7 Å². The molecule has 1 saturated carbocycles. The number of nitrogens with one attached hydrogen (secondary N) is 1. The van der Waals surface area contributed by atoms with E-state index in [0.29, 0.717) is 30.0 Å². The molecule has 0 spiro atoms. The smallest absolute Gasteiger partial charge is 0.274 e. The minimum atomic E-state index is -0.0778. The number of fused-ring (bicyclic) bond motifs is 2. The van der Waals surface area contributed by atoms with Crippen LogP contribution in [0.25, 0.3) is 16.4 Å². The molecule has 1 aliphatic carbocycles. The second-order valence-corrected chi connectivity index (χ2v) is 6.54. The summed E-state index contributed by atoms with van der Waals surface area (Å²) in [7, 11) is 0. The maximum atomic E-state index is 12.5. The lowest BCUT2D eigenvalue weighted by atomic mass is 10.2. The number of hydrogen-bond donors (Lipinski definition) is 1. The fraction of sp³-hybridized carbons (Fsp3) is 0.278. The molecule has 0 unspecified atom stereocenters. The predicted molar refractivity (Wildman–Crippen MR) is 97.2 cm³/mol. The lowest BCUT2D eigenvalue weighted by Crippen LogP contribution is -2.26. The number of aromatic nitrogens is 6. The molecule has 3 aromatic heterocycles. The minimum Gasteiger partial charge on any atom is -0.380 e. The number of benzene rings is 1. The van der Waals surface area contributed by atoms with Crippen molar-refractivity contribution in [2.75, 3.05) is 11.9 Å². The van der Waals surface area contributed by atoms with Crippen LogP contribution in [0.15, 0.2) is 47.7 Å². The number of rotatable bonds is 5. The van der Waals surface area contributed by atoms with E-state index in [1.54, 1.807) is 17.0 Å². The van der Waals surface area contributed by atoms with Gasteiger partial charge in [0.25, 0.3) is 5.56 Å². The van der Waals surface area contributed by atoms with E-state index in [9.17, 15) is 4.79 Å². The quantitative estimate of drug-likeness (QED) is 0.592. The van der Waals surface area contributed by atoms with Crippen LogP contribution in [-0.4, -0.2) is 36.1 Å². The summed E-state index contributed by atoms with van der Waals surface area (Å²) < 4.78 is 3.19. The van der Waals surface area contributed by atoms with Crippen molar-refractivity contribution in [2.24, 2.45) is 0 Å². The summed E-state index contributed by atoms with van der Waals surface area (Å²) in [5, 5.41) is 21.8. The van der Waals surface area contributed by atoms with Gasteiger partial charge in [-0.15, -0.1) is 10.2 Å². The molecule has 1 N–H and O–H groups in total. The van der Waals surface area contributed by atoms with Crippen molar-refractivity contribution < 1.29 is 0 Å². The molecule has 8 nitrogen and oxygen atoms in total. The first-order valence-electron chi connectivity index (χ1n) is 8.69. The van der Waals surface area contributed by atoms with Gasteiger partial charge < -0.3 is 5.32 Å². The van der Waals surface area contributed by atoms with Crippen molar-refractivity contribution in [3.05, 3.63) is 58.9 Å². The van der Waals surface area contributed by atoms with E-state index >= 15 is 0 Å². The molecule has 0 amide bonds. The molecule has 0 aliphatic heterocycles. The normalized spacial score (nSPS) is 14.2. The molecule has 0 radical (unpaired) electrons. The van der Waals surface area contributed by atoms with Crippen LogP contribution in [0.1, 0.15) is 24.5 Å². The molecule has 4 aromatic rings. The Morgan fingerprint density at radius 2 is 2.12 bits per heavy atom. The Balaban J connectivity index is 1.39. The van der Waals surface area contributed by atoms with Crippen molar-refractivity contribution in [3.8, 4) is 0 Å². The lowest BCUT2D eigenvalue weighted by Gasteiger charge is -2.10. The van der Waals surface area contributed by atoms with E-state index in [1.165, 1.54) is 17.5 Å². The molecule has 130 valence electrons. The summed E-state index contributed by atoms with van der Waals surface area (Å²) in [6.45, 7) is 1.02. The Kier molecular flexibility index (Phi) is 3.41. The monoisotopic (exact) mass is 347 g/mol. The Morgan fingerprint density at radius 3 is 3.00 bits per heavy atom. The summed E-state index contributed by atoms with van der Waals surface area (Å²) in [6, 6.07) is 9.53. The minimum absolute atomic E-state index is 0.0778. The van der Waals surface area contributed by atoms with E-state index in [0.717, 1.165) is 16.8 Å². The molecule has 8 heteroatoms. The Labute approximate surface area is 148 Å². The molecular formula is C18H17N7O. The van der Waals surface area contributed by atoms with Gasteiger partial charge in [0, 0.05) is 17.8 Å². The van der Waals surface area contributed by atoms with Gasteiger partial charge in [0.2, 0.25) is 5.65 Å². The van der Waals surface area contributed by atoms with Crippen molar-refractivity contribution >= 4 is 22.1 Å². The summed E-state index contributed by atoms with van der Waals surface area (Å²) in [4.78, 5) is 12.5. The first-order chi connectivity index (χ1) is 12.8. The highest BCUT2D eigenvalue weighted by Gasteiger charge is 2.26. The first kappa shape index (κ1) is 15.0. The van der Waals surface area contributed by atoms with Gasteiger partial charge in [-0.05, 0) is 25.0 Å². The Morgan fingerprint density at radius 1 is 1.23 bits per heavy atom. The third kappa shape index (κ3) is 2.59. The van der Waals surface area contributed by atoms with E-state index in [1.807, 2.05) is 30.3 Å². The Hall–Kier alpha value is -3.29. The zero-order chi connectivity index (χ0) is 17.5. The third-order valence-corrected chi connectivity index (χ3v) is 4.68. The van der Waals surface area contributed by atoms with Crippen LogP contribution in [0.3, 0.4) is 0 Å². The van der Waals surface area contributed by atoms with Crippen molar-refractivity contribution in [1.82, 2.24) is 29.6 Å². The molecule has 1 aromatic carbocycles. The highest BCUT2D eigenvalue weighted by Crippen LogP contribution is 2.39. The van der Waals surface area contributed by atoms with Crippen molar-refractivity contribution in [2.45, 2.75) is 25.3 Å². The van der Waals surface area contributed by atoms with E-state index in [2.05, 4.69) is 25.7 Å². The van der Waals surface area contributed by atoms with Crippen LogP contribution >= 0.6 is 0 Å². The molecule has 3 heterocycles. The average molecular weight is 347 g/mol. The van der Waals surface area contributed by atoms with Gasteiger partial charge in [-0.1, -0.05) is 18.2 Å². The van der Waals surface area contributed by atoms with Crippen molar-refractivity contribution in [1.29, 1.82) is 0 Å². The molecule has 1 fully saturated rings. The van der Waals surface area contributed by atoms with Crippen LogP contribution in [0.4, 0.5) is 5.69 Å². The zero-order valence-electron chi connectivity index (χ0n) is 14.0. The summed E-state index contributed by atoms with van der Waals surface area (Å²) in [6.07, 6.45) is 5.69. The van der Waals surface area contributed by atoms with Gasteiger partial charge in [0.05, 0.1) is 29.5 Å². The highest BCUT2D eigenvalue weighted by atomic mass is 16.1. The van der Waals surface area contributed by atoms with Gasteiger partial charge in [-0.25, -0.2) is 4.68 Å². The predicted octanol–water partition coefficient (Wildman–Crippen LogP) is 1.82. The molecule has 0 bridgehead atoms. The highest BCUT2D eigenvalue weighted by molar-refractivity contribution is 5.80. The first-order valence-corrected chi connectivity index (χ1v) is 8.69. The molecule has 1 aliphatic rings. The van der Waals surface area contributed by atoms with Gasteiger partial charge >= 0.3 is 0 Å². The van der Waals surface area contributed by atoms with Gasteiger partial charge in [-0.3, -0.25) is 4.79 Å². The zero-order valence-corrected chi connectivity index (χ0v) is 14.0. The van der Waals surface area contributed by atoms with Gasteiger partial charge in [0.15, 0.2) is 0 Å². The standard InChI is InChI=1S/C18H17N7O/c26-18-14-4-2-1-3-13(14)10-21-24(18)8-7-19-16-9-15(12-5-6-12)23-25-11-20-22-17(16)25/h1-4,9-12,19H,5-8H2. The molecular weight excluding hydrogens is 330 g/mol. The second kappa shape index (κ2) is 5.91. The van der Waals surface area contributed by atoms with Gasteiger partial charge in [0.1, 0.15) is 6.33 Å². The van der Waals surface area contributed by atoms with Crippen LogP contribution in [0, 0.1) is 0 Å². The molecule has 5 rings (SSSR count). The van der Waals surface area contributed by atoms with Crippen molar-refractivity contribution in [3.63, 3.8) is 0 Å². The molecule has 26 heavy (non-hydrogen) atoms. The second-order valence-electron chi connectivity index (χ2n) is 6.54. The van der Waals surface area contributed by atoms with E-state index in [-0.39, 0.29) is 5.56 Å². The molecule has 0 saturated heterocycles. The summed E-state index contributed by atoms with van der Waals surface area (Å²) in [5.41, 5.74) is 2.55. The Bertz CT molecular complexity index is 1160. The number of hydrogen-bond acceptors (Lipinski definition) is 6. The SMILES string of the molecule is O=c1c2ccccc2cnn1CCNc1cc(C2CC2)nn2cnnc12. The topological polar surface area (TPSA) is 90.0 Å². The maximum absolute atomic E-state index is 12.5. The van der Waals surface area contributed by atoms with Crippen LogP contribution in [-0.2, 0) is 6.54 Å². The lowest BCUT2D eigenvalue weighted by molar-refractivity contribution is 0.604. The largest absolute Gasteiger partial charge is 0.380 e. The fourth-order valence-corrected chi connectivity index (χ4v) is 3.14. The average Bonchev–Trinajstić information content (AvgIpc) is 3.41. The van der Waals surface area contributed by atoms with E-state index < -0.39 is 0 Å². The number of nitrogens with zero attached hydrogens (tertiary/aromatic N) is 6. The number of anilines is 1. The van der Waals surface area contributed by atoms with Crippen LogP contribution in [0.5, 0.6) is 0 Å². The van der Waals surface area contributed by atoms with Crippen LogP contribution < -0.4 is 10.9 Å². The van der Waals surface area contributed by atoms with Crippen LogP contribution in [0.2, 0.25) is 0 Å². The maximum Gasteiger partial charge on any atom is 0.274 e.